The molecular weight excluding hydrogens is 328 g/mol. The minimum Gasteiger partial charge on any atom is -0.374 e. The summed E-state index contributed by atoms with van der Waals surface area (Å²) in [7, 11) is 0. The Morgan fingerprint density at radius 2 is 1.67 bits per heavy atom. The molecule has 4 heteroatoms. The second-order valence-electron chi connectivity index (χ2n) is 6.03. The van der Waals surface area contributed by atoms with Crippen LogP contribution >= 0.6 is 15.9 Å². The highest BCUT2D eigenvalue weighted by molar-refractivity contribution is 9.10. The van der Waals surface area contributed by atoms with Crippen LogP contribution in [-0.4, -0.2) is 29.9 Å². The fourth-order valence-corrected chi connectivity index (χ4v) is 3.13. The van der Waals surface area contributed by atoms with Gasteiger partial charge in [-0.25, -0.2) is 0 Å². The molecule has 1 aliphatic heterocycles. The van der Waals surface area contributed by atoms with Gasteiger partial charge in [0.05, 0.1) is 0 Å². The molecule has 3 nitrogen and oxygen atoms in total. The minimum absolute atomic E-state index is 0.178. The maximum absolute atomic E-state index is 12.5. The topological polar surface area (TPSA) is 32.3 Å². The molecule has 0 aromatic heterocycles. The highest BCUT2D eigenvalue weighted by atomic mass is 79.9. The number of anilines is 1. The zero-order chi connectivity index (χ0) is 15.4. The van der Waals surface area contributed by atoms with Crippen LogP contribution in [0.15, 0.2) is 16.6 Å². The number of carbonyl (C=O) groups excluding carboxylic acids is 1. The summed E-state index contributed by atoms with van der Waals surface area (Å²) in [5.74, 6) is 0.218. The summed E-state index contributed by atoms with van der Waals surface area (Å²) >= 11 is 3.58. The van der Waals surface area contributed by atoms with Gasteiger partial charge in [-0.1, -0.05) is 28.8 Å². The molecule has 1 fully saturated rings. The van der Waals surface area contributed by atoms with Gasteiger partial charge in [0.1, 0.15) is 6.04 Å². The summed E-state index contributed by atoms with van der Waals surface area (Å²) in [6.45, 7) is 7.92. The van der Waals surface area contributed by atoms with Crippen LogP contribution in [0.25, 0.3) is 0 Å². The summed E-state index contributed by atoms with van der Waals surface area (Å²) in [5.41, 5.74) is 3.39. The highest BCUT2D eigenvalue weighted by Crippen LogP contribution is 2.25. The van der Waals surface area contributed by atoms with E-state index in [0.717, 1.165) is 36.1 Å². The van der Waals surface area contributed by atoms with Gasteiger partial charge in [0.2, 0.25) is 5.91 Å². The van der Waals surface area contributed by atoms with Crippen molar-refractivity contribution in [2.24, 2.45) is 0 Å². The molecule has 0 spiro atoms. The van der Waals surface area contributed by atoms with Crippen LogP contribution in [0.2, 0.25) is 0 Å². The zero-order valence-corrected chi connectivity index (χ0v) is 14.8. The lowest BCUT2D eigenvalue weighted by atomic mass is 10.1. The lowest BCUT2D eigenvalue weighted by Gasteiger charge is -2.25. The average molecular weight is 353 g/mol. The van der Waals surface area contributed by atoms with Gasteiger partial charge < -0.3 is 10.2 Å². The van der Waals surface area contributed by atoms with Crippen molar-refractivity contribution in [1.82, 2.24) is 4.90 Å². The smallest absolute Gasteiger partial charge is 0.244 e. The Morgan fingerprint density at radius 1 is 1.14 bits per heavy atom. The Labute approximate surface area is 136 Å². The Morgan fingerprint density at radius 3 is 2.19 bits per heavy atom. The molecule has 0 saturated carbocycles. The minimum atomic E-state index is -0.178. The van der Waals surface area contributed by atoms with Crippen LogP contribution < -0.4 is 5.32 Å². The van der Waals surface area contributed by atoms with Crippen molar-refractivity contribution in [3.05, 3.63) is 27.7 Å². The van der Waals surface area contributed by atoms with Crippen molar-refractivity contribution >= 4 is 27.5 Å². The standard InChI is InChI=1S/C17H25BrN2O/c1-12-10-15(11-13(2)16(12)18)19-14(3)17(21)20-8-6-4-5-7-9-20/h10-11,14,19H,4-9H2,1-3H3. The van der Waals surface area contributed by atoms with Gasteiger partial charge in [-0.2, -0.15) is 0 Å². The van der Waals surface area contributed by atoms with Gasteiger partial charge in [-0.15, -0.1) is 0 Å². The number of hydrogen-bond acceptors (Lipinski definition) is 2. The van der Waals surface area contributed by atoms with E-state index in [1.807, 2.05) is 11.8 Å². The predicted molar refractivity (Wildman–Crippen MR) is 91.7 cm³/mol. The highest BCUT2D eigenvalue weighted by Gasteiger charge is 2.21. The third-order valence-corrected chi connectivity index (χ3v) is 5.36. The van der Waals surface area contributed by atoms with Crippen molar-refractivity contribution in [2.75, 3.05) is 18.4 Å². The second kappa shape index (κ2) is 7.30. The van der Waals surface area contributed by atoms with E-state index in [9.17, 15) is 4.79 Å². The number of halogens is 1. The maximum Gasteiger partial charge on any atom is 0.244 e. The number of nitrogens with zero attached hydrogens (tertiary/aromatic N) is 1. The first-order chi connectivity index (χ1) is 9.99. The predicted octanol–water partition coefficient (Wildman–Crippen LogP) is 4.27. The van der Waals surface area contributed by atoms with Crippen LogP contribution in [-0.2, 0) is 4.79 Å². The van der Waals surface area contributed by atoms with Gasteiger partial charge >= 0.3 is 0 Å². The monoisotopic (exact) mass is 352 g/mol. The van der Waals surface area contributed by atoms with Crippen LogP contribution in [0.1, 0.15) is 43.7 Å². The largest absolute Gasteiger partial charge is 0.374 e. The van der Waals surface area contributed by atoms with E-state index in [1.54, 1.807) is 0 Å². The maximum atomic E-state index is 12.5. The summed E-state index contributed by atoms with van der Waals surface area (Å²) in [6.07, 6.45) is 4.76. The van der Waals surface area contributed by atoms with E-state index in [0.29, 0.717) is 0 Å². The molecule has 21 heavy (non-hydrogen) atoms. The molecule has 1 saturated heterocycles. The first-order valence-corrected chi connectivity index (χ1v) is 8.60. The van der Waals surface area contributed by atoms with E-state index >= 15 is 0 Å². The molecule has 1 unspecified atom stereocenters. The summed E-state index contributed by atoms with van der Waals surface area (Å²) < 4.78 is 1.14. The summed E-state index contributed by atoms with van der Waals surface area (Å²) in [4.78, 5) is 14.6. The molecular formula is C17H25BrN2O. The number of hydrogen-bond donors (Lipinski definition) is 1. The molecule has 0 radical (unpaired) electrons. The first kappa shape index (κ1) is 16.3. The number of amides is 1. The van der Waals surface area contributed by atoms with Crippen molar-refractivity contribution in [3.63, 3.8) is 0 Å². The Kier molecular flexibility index (Phi) is 5.68. The van der Waals surface area contributed by atoms with E-state index in [1.165, 1.54) is 24.0 Å². The molecule has 116 valence electrons. The van der Waals surface area contributed by atoms with E-state index in [-0.39, 0.29) is 11.9 Å². The first-order valence-electron chi connectivity index (χ1n) is 7.81. The second-order valence-corrected chi connectivity index (χ2v) is 6.82. The number of aryl methyl sites for hydroxylation is 2. The van der Waals surface area contributed by atoms with Crippen molar-refractivity contribution < 1.29 is 4.79 Å². The normalized spacial score (nSPS) is 17.2. The lowest BCUT2D eigenvalue weighted by molar-refractivity contribution is -0.131. The number of rotatable bonds is 3. The molecule has 1 atom stereocenters. The molecule has 0 aliphatic carbocycles. The fourth-order valence-electron chi connectivity index (χ4n) is 2.91. The van der Waals surface area contributed by atoms with Crippen molar-refractivity contribution in [3.8, 4) is 0 Å². The molecule has 1 heterocycles. The third kappa shape index (κ3) is 4.22. The van der Waals surface area contributed by atoms with Gasteiger partial charge in [0.25, 0.3) is 0 Å². The molecule has 1 aliphatic rings. The number of nitrogens with one attached hydrogen (secondary N) is 1. The Balaban J connectivity index is 2.03. The van der Waals surface area contributed by atoms with Crippen molar-refractivity contribution in [1.29, 1.82) is 0 Å². The number of carbonyl (C=O) groups is 1. The summed E-state index contributed by atoms with van der Waals surface area (Å²) in [5, 5.41) is 3.36. The van der Waals surface area contributed by atoms with Gasteiger partial charge in [0.15, 0.2) is 0 Å². The quantitative estimate of drug-likeness (QED) is 0.880. The Hall–Kier alpha value is -1.03. The molecule has 1 aromatic carbocycles. The Bertz CT molecular complexity index is 485. The third-order valence-electron chi connectivity index (χ3n) is 4.11. The lowest BCUT2D eigenvalue weighted by Crippen LogP contribution is -2.41. The van der Waals surface area contributed by atoms with E-state index in [4.69, 9.17) is 0 Å². The number of likely N-dealkylation sites (tertiary alicyclic amines) is 1. The number of benzene rings is 1. The van der Waals surface area contributed by atoms with Gasteiger partial charge in [-0.05, 0) is 56.9 Å². The van der Waals surface area contributed by atoms with Gasteiger partial charge in [-0.3, -0.25) is 4.79 Å². The van der Waals surface area contributed by atoms with Crippen molar-refractivity contribution in [2.45, 2.75) is 52.5 Å². The molecule has 1 aromatic rings. The van der Waals surface area contributed by atoms with E-state index in [2.05, 4.69) is 47.2 Å². The fraction of sp³-hybridized carbons (Fsp3) is 0.588. The SMILES string of the molecule is Cc1cc(NC(C)C(=O)N2CCCCCC2)cc(C)c1Br. The molecule has 0 bridgehead atoms. The zero-order valence-electron chi connectivity index (χ0n) is 13.2. The van der Waals surface area contributed by atoms with Crippen LogP contribution in [0.5, 0.6) is 0 Å². The molecule has 1 amide bonds. The van der Waals surface area contributed by atoms with Crippen LogP contribution in [0.3, 0.4) is 0 Å². The van der Waals surface area contributed by atoms with Gasteiger partial charge in [0, 0.05) is 23.2 Å². The molecule has 2 rings (SSSR count). The molecule has 1 N–H and O–H groups in total. The van der Waals surface area contributed by atoms with Crippen LogP contribution in [0, 0.1) is 13.8 Å². The van der Waals surface area contributed by atoms with E-state index < -0.39 is 0 Å². The average Bonchev–Trinajstić information content (AvgIpc) is 2.72. The van der Waals surface area contributed by atoms with Crippen LogP contribution in [0.4, 0.5) is 5.69 Å². The summed E-state index contributed by atoms with van der Waals surface area (Å²) in [6, 6.07) is 4.00.